The number of amidine groups is 1. The second-order valence-corrected chi connectivity index (χ2v) is 11.2. The lowest BCUT2D eigenvalue weighted by Gasteiger charge is -2.28. The van der Waals surface area contributed by atoms with Crippen LogP contribution in [-0.4, -0.2) is 41.9 Å². The summed E-state index contributed by atoms with van der Waals surface area (Å²) in [6, 6.07) is 5.17. The van der Waals surface area contributed by atoms with Gasteiger partial charge in [-0.3, -0.25) is 10.2 Å². The van der Waals surface area contributed by atoms with Gasteiger partial charge in [-0.2, -0.15) is 0 Å². The predicted molar refractivity (Wildman–Crippen MR) is 143 cm³/mol. The van der Waals surface area contributed by atoms with E-state index in [1.165, 1.54) is 7.11 Å². The highest BCUT2D eigenvalue weighted by Crippen LogP contribution is 2.41. The summed E-state index contributed by atoms with van der Waals surface area (Å²) in [6.07, 6.45) is 0.762. The molecule has 8 heteroatoms. The summed E-state index contributed by atoms with van der Waals surface area (Å²) in [5.41, 5.74) is 1.84. The summed E-state index contributed by atoms with van der Waals surface area (Å²) in [7, 11) is 1.37. The zero-order chi connectivity index (χ0) is 26.3. The second-order valence-electron chi connectivity index (χ2n) is 11.2. The number of Topliss-reactive ketones (excluding diaryl/α,β-unsaturated/α-hetero) is 1. The SMILES string of the molecule is CCCOc1cc2c(c(F)c1OC)C(=N)N(CC(=O)c1cc(C(C)(C)C)c(O)c(C(C)(C)C)c1)C2.Cl. The lowest BCUT2D eigenvalue weighted by Crippen LogP contribution is -2.31. The second kappa shape index (κ2) is 10.7. The van der Waals surface area contributed by atoms with Gasteiger partial charge < -0.3 is 19.5 Å². The van der Waals surface area contributed by atoms with Crippen LogP contribution in [0.3, 0.4) is 0 Å². The van der Waals surface area contributed by atoms with Crippen LogP contribution < -0.4 is 9.47 Å². The third kappa shape index (κ3) is 5.61. The van der Waals surface area contributed by atoms with Crippen LogP contribution in [0.1, 0.15) is 87.5 Å². The molecule has 0 fully saturated rings. The first-order valence-corrected chi connectivity index (χ1v) is 12.0. The van der Waals surface area contributed by atoms with Gasteiger partial charge >= 0.3 is 0 Å². The van der Waals surface area contributed by atoms with Crippen molar-refractivity contribution in [3.8, 4) is 17.2 Å². The van der Waals surface area contributed by atoms with Crippen molar-refractivity contribution in [2.24, 2.45) is 0 Å². The fourth-order valence-electron chi connectivity index (χ4n) is 4.33. The number of ketones is 1. The molecule has 2 N–H and O–H groups in total. The average molecular weight is 521 g/mol. The van der Waals surface area contributed by atoms with Gasteiger partial charge in [-0.25, -0.2) is 4.39 Å². The molecule has 0 amide bonds. The van der Waals surface area contributed by atoms with Crippen LogP contribution in [-0.2, 0) is 17.4 Å². The fraction of sp³-hybridized carbons (Fsp3) is 0.500. The van der Waals surface area contributed by atoms with Crippen LogP contribution in [0.15, 0.2) is 18.2 Å². The number of rotatable bonds is 7. The molecule has 198 valence electrons. The molecule has 0 aliphatic carbocycles. The Kier molecular flexibility index (Phi) is 8.72. The molecule has 0 aromatic heterocycles. The number of carbonyl (C=O) groups is 1. The monoisotopic (exact) mass is 520 g/mol. The molecule has 2 aromatic carbocycles. The van der Waals surface area contributed by atoms with Crippen molar-refractivity contribution in [2.45, 2.75) is 72.3 Å². The van der Waals surface area contributed by atoms with E-state index in [1.54, 1.807) is 23.1 Å². The lowest BCUT2D eigenvalue weighted by atomic mass is 9.78. The van der Waals surface area contributed by atoms with Gasteiger partial charge in [-0.15, -0.1) is 12.4 Å². The summed E-state index contributed by atoms with van der Waals surface area (Å²) in [6.45, 7) is 14.5. The van der Waals surface area contributed by atoms with Crippen molar-refractivity contribution in [1.29, 1.82) is 5.41 Å². The lowest BCUT2D eigenvalue weighted by molar-refractivity contribution is 0.0962. The highest BCUT2D eigenvalue weighted by atomic mass is 35.5. The Morgan fingerprint density at radius 2 is 1.67 bits per heavy atom. The third-order valence-electron chi connectivity index (χ3n) is 6.23. The molecular formula is C28H38ClFN2O4. The molecule has 0 bridgehead atoms. The van der Waals surface area contributed by atoms with Gasteiger partial charge in [0, 0.05) is 23.2 Å². The molecule has 0 unspecified atom stereocenters. The van der Waals surface area contributed by atoms with Crippen molar-refractivity contribution in [1.82, 2.24) is 4.90 Å². The molecule has 0 radical (unpaired) electrons. The first-order chi connectivity index (χ1) is 16.2. The summed E-state index contributed by atoms with van der Waals surface area (Å²) in [5.74, 6) is -0.430. The standard InChI is InChI=1S/C28H37FN2O4.ClH/c1-9-10-35-21-13-17-14-31(26(30)22(17)23(29)25(21)34-8)15-20(32)16-11-18(27(2,3)4)24(33)19(12-16)28(5,6)7;/h11-13,30,33H,9-10,14-15H2,1-8H3;1H. The number of hydrogen-bond donors (Lipinski definition) is 2. The van der Waals surface area contributed by atoms with E-state index in [9.17, 15) is 9.90 Å². The number of phenols is 1. The Hall–Kier alpha value is -2.80. The molecule has 2 aromatic rings. The maximum Gasteiger partial charge on any atom is 0.197 e. The van der Waals surface area contributed by atoms with Crippen molar-refractivity contribution >= 4 is 24.0 Å². The van der Waals surface area contributed by atoms with Gasteiger partial charge in [0.05, 0.1) is 25.8 Å². The Morgan fingerprint density at radius 3 is 2.14 bits per heavy atom. The largest absolute Gasteiger partial charge is 0.507 e. The molecule has 0 spiro atoms. The Morgan fingerprint density at radius 1 is 1.11 bits per heavy atom. The van der Waals surface area contributed by atoms with E-state index in [1.807, 2.05) is 48.5 Å². The zero-order valence-corrected chi connectivity index (χ0v) is 23.3. The zero-order valence-electron chi connectivity index (χ0n) is 22.5. The maximum absolute atomic E-state index is 15.3. The molecule has 0 saturated heterocycles. The number of phenolic OH excluding ortho intramolecular Hbond substituents is 1. The highest BCUT2D eigenvalue weighted by molar-refractivity contribution is 6.06. The number of hydrogen-bond acceptors (Lipinski definition) is 5. The molecule has 1 heterocycles. The number of halogens is 2. The van der Waals surface area contributed by atoms with Crippen molar-refractivity contribution < 1.29 is 23.8 Å². The van der Waals surface area contributed by atoms with Gasteiger partial charge in [0.1, 0.15) is 11.6 Å². The fourth-order valence-corrected chi connectivity index (χ4v) is 4.33. The molecule has 1 aliphatic heterocycles. The average Bonchev–Trinajstić information content (AvgIpc) is 3.05. The van der Waals surface area contributed by atoms with E-state index in [0.717, 1.165) is 6.42 Å². The minimum atomic E-state index is -0.647. The van der Waals surface area contributed by atoms with Gasteiger partial charge in [-0.1, -0.05) is 48.5 Å². The molecule has 1 aliphatic rings. The molecule has 0 saturated carbocycles. The van der Waals surface area contributed by atoms with Crippen LogP contribution in [0.5, 0.6) is 17.2 Å². The van der Waals surface area contributed by atoms with Crippen LogP contribution in [0.4, 0.5) is 4.39 Å². The van der Waals surface area contributed by atoms with Crippen LogP contribution in [0.25, 0.3) is 0 Å². The normalized spacial score (nSPS) is 13.4. The number of nitrogens with zero attached hydrogens (tertiary/aromatic N) is 1. The van der Waals surface area contributed by atoms with Crippen molar-refractivity contribution in [3.05, 3.63) is 51.8 Å². The number of carbonyl (C=O) groups excluding carboxylic acids is 1. The van der Waals surface area contributed by atoms with E-state index in [4.69, 9.17) is 14.9 Å². The summed E-state index contributed by atoms with van der Waals surface area (Å²) in [4.78, 5) is 15.0. The van der Waals surface area contributed by atoms with Crippen molar-refractivity contribution in [3.63, 3.8) is 0 Å². The first kappa shape index (κ1) is 29.4. The maximum atomic E-state index is 15.3. The number of aromatic hydroxyl groups is 1. The Balaban J connectivity index is 0.00000456. The molecule has 3 rings (SSSR count). The smallest absolute Gasteiger partial charge is 0.197 e. The minimum absolute atomic E-state index is 0. The van der Waals surface area contributed by atoms with Crippen LogP contribution in [0, 0.1) is 11.2 Å². The summed E-state index contributed by atoms with van der Waals surface area (Å²) < 4.78 is 26.2. The number of nitrogens with one attached hydrogen (secondary N) is 1. The number of methoxy groups -OCH3 is 1. The number of fused-ring (bicyclic) bond motifs is 1. The van der Waals surface area contributed by atoms with E-state index in [-0.39, 0.29) is 65.0 Å². The summed E-state index contributed by atoms with van der Waals surface area (Å²) >= 11 is 0. The highest BCUT2D eigenvalue weighted by Gasteiger charge is 2.34. The molecule has 6 nitrogen and oxygen atoms in total. The van der Waals surface area contributed by atoms with E-state index >= 15 is 4.39 Å². The van der Waals surface area contributed by atoms with Crippen LogP contribution in [0.2, 0.25) is 0 Å². The number of ether oxygens (including phenoxy) is 2. The summed E-state index contributed by atoms with van der Waals surface area (Å²) in [5, 5.41) is 19.5. The van der Waals surface area contributed by atoms with E-state index < -0.39 is 5.82 Å². The molecule has 36 heavy (non-hydrogen) atoms. The van der Waals surface area contributed by atoms with Gasteiger partial charge in [-0.05, 0) is 41.0 Å². The topological polar surface area (TPSA) is 82.9 Å². The van der Waals surface area contributed by atoms with Crippen molar-refractivity contribution in [2.75, 3.05) is 20.3 Å². The van der Waals surface area contributed by atoms with Gasteiger partial charge in [0.2, 0.25) is 0 Å². The Labute approximate surface area is 219 Å². The molecule has 0 atom stereocenters. The molecular weight excluding hydrogens is 483 g/mol. The van der Waals surface area contributed by atoms with E-state index in [0.29, 0.717) is 34.6 Å². The van der Waals surface area contributed by atoms with Gasteiger partial charge in [0.15, 0.2) is 23.1 Å². The minimum Gasteiger partial charge on any atom is -0.507 e. The predicted octanol–water partition coefficient (Wildman–Crippen LogP) is 6.37. The first-order valence-electron chi connectivity index (χ1n) is 12.0. The Bertz CT molecular complexity index is 1130. The van der Waals surface area contributed by atoms with E-state index in [2.05, 4.69) is 0 Å². The quantitative estimate of drug-likeness (QED) is 0.414. The number of benzene rings is 2. The third-order valence-corrected chi connectivity index (χ3v) is 6.23. The van der Waals surface area contributed by atoms with Gasteiger partial charge in [0.25, 0.3) is 0 Å². The van der Waals surface area contributed by atoms with Crippen LogP contribution >= 0.6 is 12.4 Å².